The lowest BCUT2D eigenvalue weighted by Gasteiger charge is -2.38. The molecule has 1 aromatic heterocycles. The number of nitro groups is 1. The minimum Gasteiger partial charge on any atom is -0.478 e. The standard InChI is InChI=1S/C20H22N4O4/c1-11-15(19(25)26)20(2,13-8-5-9-14(10-13)24(27)28)16-17(12-6-4-7-12)22-23(3)18(16)21-11/h5,8-10,12,21H,4,6-7H2,1-3H3,(H,25,26). The van der Waals surface area contributed by atoms with Crippen LogP contribution in [0, 0.1) is 10.1 Å². The van der Waals surface area contributed by atoms with E-state index in [-0.39, 0.29) is 17.2 Å². The zero-order valence-electron chi connectivity index (χ0n) is 16.0. The van der Waals surface area contributed by atoms with Crippen LogP contribution in [0.5, 0.6) is 0 Å². The zero-order valence-corrected chi connectivity index (χ0v) is 16.0. The Bertz CT molecular complexity index is 1030. The average molecular weight is 382 g/mol. The van der Waals surface area contributed by atoms with Gasteiger partial charge in [-0.05, 0) is 32.3 Å². The SMILES string of the molecule is CC1=C(C(=O)O)C(C)(c2cccc([N+](=O)[O-])c2)c2c(C3CCC3)nn(C)c2N1. The number of fused-ring (bicyclic) bond motifs is 1. The van der Waals surface area contributed by atoms with E-state index in [1.165, 1.54) is 12.1 Å². The number of aryl methyl sites for hydroxylation is 1. The molecule has 1 aromatic carbocycles. The lowest BCUT2D eigenvalue weighted by atomic mass is 9.65. The van der Waals surface area contributed by atoms with Gasteiger partial charge in [-0.2, -0.15) is 5.10 Å². The molecule has 0 spiro atoms. The lowest BCUT2D eigenvalue weighted by Crippen LogP contribution is -2.37. The maximum Gasteiger partial charge on any atom is 0.334 e. The summed E-state index contributed by atoms with van der Waals surface area (Å²) in [4.78, 5) is 23.2. The van der Waals surface area contributed by atoms with Gasteiger partial charge in [-0.25, -0.2) is 4.79 Å². The number of benzene rings is 1. The van der Waals surface area contributed by atoms with Gasteiger partial charge in [-0.1, -0.05) is 18.6 Å². The molecule has 2 aromatic rings. The summed E-state index contributed by atoms with van der Waals surface area (Å²) in [6.07, 6.45) is 3.15. The van der Waals surface area contributed by atoms with Crippen LogP contribution in [-0.4, -0.2) is 25.8 Å². The third kappa shape index (κ3) is 2.44. The Kier molecular flexibility index (Phi) is 4.02. The van der Waals surface area contributed by atoms with Gasteiger partial charge < -0.3 is 10.4 Å². The fourth-order valence-electron chi connectivity index (χ4n) is 4.48. The van der Waals surface area contributed by atoms with Crippen molar-refractivity contribution < 1.29 is 14.8 Å². The molecular weight excluding hydrogens is 360 g/mol. The zero-order chi connectivity index (χ0) is 20.2. The summed E-state index contributed by atoms with van der Waals surface area (Å²) in [5, 5.41) is 29.3. The molecule has 1 saturated carbocycles. The van der Waals surface area contributed by atoms with Crippen LogP contribution in [-0.2, 0) is 17.3 Å². The molecule has 2 heterocycles. The number of hydrogen-bond acceptors (Lipinski definition) is 5. The van der Waals surface area contributed by atoms with Gasteiger partial charge in [-0.15, -0.1) is 0 Å². The predicted octanol–water partition coefficient (Wildman–Crippen LogP) is 3.69. The number of anilines is 1. The summed E-state index contributed by atoms with van der Waals surface area (Å²) in [6.45, 7) is 3.56. The second kappa shape index (κ2) is 6.19. The summed E-state index contributed by atoms with van der Waals surface area (Å²) >= 11 is 0. The number of aliphatic carboxylic acids is 1. The first-order valence-electron chi connectivity index (χ1n) is 9.29. The van der Waals surface area contributed by atoms with Crippen LogP contribution in [0.1, 0.15) is 55.8 Å². The van der Waals surface area contributed by atoms with Crippen LogP contribution < -0.4 is 5.32 Å². The third-order valence-electron chi connectivity index (χ3n) is 6.10. The molecule has 1 unspecified atom stereocenters. The number of hydrogen-bond donors (Lipinski definition) is 2. The van der Waals surface area contributed by atoms with Crippen LogP contribution in [0.3, 0.4) is 0 Å². The highest BCUT2D eigenvalue weighted by Gasteiger charge is 2.48. The van der Waals surface area contributed by atoms with E-state index in [4.69, 9.17) is 5.10 Å². The summed E-state index contributed by atoms with van der Waals surface area (Å²) < 4.78 is 1.75. The van der Waals surface area contributed by atoms with E-state index in [9.17, 15) is 20.0 Å². The van der Waals surface area contributed by atoms with Gasteiger partial charge in [-0.3, -0.25) is 14.8 Å². The van der Waals surface area contributed by atoms with Crippen LogP contribution in [0.15, 0.2) is 35.5 Å². The number of rotatable bonds is 4. The van der Waals surface area contributed by atoms with E-state index in [1.807, 2.05) is 14.0 Å². The molecular formula is C20H22N4O4. The first kappa shape index (κ1) is 18.2. The van der Waals surface area contributed by atoms with Gasteiger partial charge >= 0.3 is 5.97 Å². The highest BCUT2D eigenvalue weighted by atomic mass is 16.6. The number of carbonyl (C=O) groups is 1. The van der Waals surface area contributed by atoms with Crippen LogP contribution in [0.2, 0.25) is 0 Å². The van der Waals surface area contributed by atoms with Crippen molar-refractivity contribution in [2.45, 2.75) is 44.4 Å². The number of allylic oxidation sites excluding steroid dienone is 1. The Balaban J connectivity index is 2.04. The molecule has 0 amide bonds. The number of non-ortho nitro benzene ring substituents is 1. The smallest absolute Gasteiger partial charge is 0.334 e. The van der Waals surface area contributed by atoms with Crippen molar-refractivity contribution in [1.82, 2.24) is 9.78 Å². The number of carboxylic acid groups (broad SMARTS) is 1. The Hall–Kier alpha value is -3.16. The minimum atomic E-state index is -1.05. The van der Waals surface area contributed by atoms with E-state index in [0.717, 1.165) is 36.3 Å². The number of nitrogens with zero attached hydrogens (tertiary/aromatic N) is 3. The van der Waals surface area contributed by atoms with E-state index in [2.05, 4.69) is 5.32 Å². The first-order chi connectivity index (χ1) is 13.2. The van der Waals surface area contributed by atoms with Gasteiger partial charge in [0.25, 0.3) is 5.69 Å². The van der Waals surface area contributed by atoms with Crippen LogP contribution in [0.25, 0.3) is 0 Å². The number of nitrogens with one attached hydrogen (secondary N) is 1. The molecule has 1 aliphatic carbocycles. The second-order valence-electron chi connectivity index (χ2n) is 7.72. The van der Waals surface area contributed by atoms with Crippen molar-refractivity contribution in [1.29, 1.82) is 0 Å². The summed E-state index contributed by atoms with van der Waals surface area (Å²) in [5.41, 5.74) is 1.86. The Labute approximate surface area is 162 Å². The monoisotopic (exact) mass is 382 g/mol. The Morgan fingerprint density at radius 2 is 2.14 bits per heavy atom. The summed E-state index contributed by atoms with van der Waals surface area (Å²) in [5.74, 6) is -0.0188. The second-order valence-corrected chi connectivity index (χ2v) is 7.72. The quantitative estimate of drug-likeness (QED) is 0.616. The van der Waals surface area contributed by atoms with Crippen molar-refractivity contribution in [3.05, 3.63) is 62.5 Å². The largest absolute Gasteiger partial charge is 0.478 e. The van der Waals surface area contributed by atoms with Crippen LogP contribution in [0.4, 0.5) is 11.5 Å². The van der Waals surface area contributed by atoms with Gasteiger partial charge in [0, 0.05) is 36.4 Å². The Morgan fingerprint density at radius 1 is 1.43 bits per heavy atom. The first-order valence-corrected chi connectivity index (χ1v) is 9.29. The number of aromatic nitrogens is 2. The van der Waals surface area contributed by atoms with Gasteiger partial charge in [0.2, 0.25) is 0 Å². The average Bonchev–Trinajstić information content (AvgIpc) is 2.89. The van der Waals surface area contributed by atoms with Crippen molar-refractivity contribution >= 4 is 17.5 Å². The molecule has 2 N–H and O–H groups in total. The highest BCUT2D eigenvalue weighted by molar-refractivity contribution is 5.95. The molecule has 4 rings (SSSR count). The molecule has 0 bridgehead atoms. The highest BCUT2D eigenvalue weighted by Crippen LogP contribution is 2.52. The van der Waals surface area contributed by atoms with Crippen molar-refractivity contribution in [3.63, 3.8) is 0 Å². The van der Waals surface area contributed by atoms with Crippen LogP contribution >= 0.6 is 0 Å². The maximum absolute atomic E-state index is 12.3. The summed E-state index contributed by atoms with van der Waals surface area (Å²) in [7, 11) is 1.83. The van der Waals surface area contributed by atoms with E-state index < -0.39 is 16.3 Å². The maximum atomic E-state index is 12.3. The molecule has 1 aliphatic heterocycles. The lowest BCUT2D eigenvalue weighted by molar-refractivity contribution is -0.384. The van der Waals surface area contributed by atoms with E-state index >= 15 is 0 Å². The fourth-order valence-corrected chi connectivity index (χ4v) is 4.48. The fraction of sp³-hybridized carbons (Fsp3) is 0.400. The van der Waals surface area contributed by atoms with E-state index in [1.54, 1.807) is 23.7 Å². The normalized spacial score (nSPS) is 21.7. The molecule has 2 aliphatic rings. The summed E-state index contributed by atoms with van der Waals surface area (Å²) in [6, 6.07) is 6.26. The molecule has 0 radical (unpaired) electrons. The Morgan fingerprint density at radius 3 is 2.71 bits per heavy atom. The minimum absolute atomic E-state index is 0.0599. The molecule has 146 valence electrons. The van der Waals surface area contributed by atoms with E-state index in [0.29, 0.717) is 11.3 Å². The molecule has 8 heteroatoms. The molecule has 0 saturated heterocycles. The third-order valence-corrected chi connectivity index (χ3v) is 6.10. The predicted molar refractivity (Wildman–Crippen MR) is 103 cm³/mol. The number of carboxylic acids is 1. The van der Waals surface area contributed by atoms with Gasteiger partial charge in [0.05, 0.1) is 21.6 Å². The topological polar surface area (TPSA) is 110 Å². The number of nitro benzene ring substituents is 1. The van der Waals surface area contributed by atoms with Crippen molar-refractivity contribution in [3.8, 4) is 0 Å². The van der Waals surface area contributed by atoms with Crippen molar-refractivity contribution in [2.24, 2.45) is 7.05 Å². The van der Waals surface area contributed by atoms with Gasteiger partial charge in [0.15, 0.2) is 0 Å². The molecule has 1 fully saturated rings. The molecule has 28 heavy (non-hydrogen) atoms. The van der Waals surface area contributed by atoms with Gasteiger partial charge in [0.1, 0.15) is 5.82 Å². The molecule has 1 atom stereocenters. The van der Waals surface area contributed by atoms with Crippen molar-refractivity contribution in [2.75, 3.05) is 5.32 Å². The molecule has 8 nitrogen and oxygen atoms in total.